The zero-order valence-electron chi connectivity index (χ0n) is 32.1. The molecule has 0 spiro atoms. The van der Waals surface area contributed by atoms with E-state index in [1.807, 2.05) is 12.1 Å². The van der Waals surface area contributed by atoms with Gasteiger partial charge in [-0.15, -0.1) is 0 Å². The van der Waals surface area contributed by atoms with Crippen molar-refractivity contribution in [1.82, 2.24) is 0 Å². The molecule has 0 heterocycles. The molecule has 8 atom stereocenters. The fourth-order valence-corrected chi connectivity index (χ4v) is 17.2. The molecule has 3 aliphatic rings. The first-order chi connectivity index (χ1) is 23.1. The number of hydrogen-bond donors (Lipinski definition) is 0. The molecule has 3 fully saturated rings. The van der Waals surface area contributed by atoms with Gasteiger partial charge in [0.15, 0.2) is 9.04 Å². The second kappa shape index (κ2) is 14.5. The van der Waals surface area contributed by atoms with Gasteiger partial charge in [-0.05, 0) is 82.3 Å². The number of carbonyl (C=O) groups is 2. The third-order valence-electron chi connectivity index (χ3n) is 14.0. The van der Waals surface area contributed by atoms with E-state index in [4.69, 9.17) is 13.6 Å². The second-order valence-electron chi connectivity index (χ2n) is 17.4. The fraction of sp³-hybridized carbons (Fsp3) is 0.667. The quantitative estimate of drug-likeness (QED) is 0.174. The van der Waals surface area contributed by atoms with Gasteiger partial charge in [0.2, 0.25) is 0 Å². The molecule has 49 heavy (non-hydrogen) atoms. The number of carbonyl (C=O) groups excluding carboxylic acids is 2. The molecule has 7 heteroatoms. The van der Waals surface area contributed by atoms with Crippen LogP contribution in [-0.4, -0.2) is 47.9 Å². The van der Waals surface area contributed by atoms with Crippen LogP contribution in [0.5, 0.6) is 0 Å². The maximum atomic E-state index is 14.4. The normalized spacial score (nSPS) is 33.5. The van der Waals surface area contributed by atoms with Gasteiger partial charge in [-0.3, -0.25) is 4.79 Å². The van der Waals surface area contributed by atoms with E-state index in [0.717, 1.165) is 48.1 Å². The van der Waals surface area contributed by atoms with E-state index in [9.17, 15) is 9.59 Å². The number of ether oxygens (including phenoxy) is 1. The van der Waals surface area contributed by atoms with Gasteiger partial charge in [-0.2, -0.15) is 0 Å². The van der Waals surface area contributed by atoms with Crippen LogP contribution in [0.4, 0.5) is 0 Å². The van der Waals surface area contributed by atoms with Crippen LogP contribution in [0, 0.1) is 34.0 Å². The Morgan fingerprint density at radius 3 is 2.00 bits per heavy atom. The molecular formula is C42H64O5Si2. The number of esters is 1. The molecule has 0 aliphatic heterocycles. The SMILES string of the molecule is CC[SiH](CC)O[C@H]1[C@H](C)[C@@]23CCC(=O)C2[C@@](C)([C@H](C)CC3)[C@H](OC(=O)CO[Si](c2ccccc2)(c2ccccc2)C(C)(C)C)C[C@@]1(C)CC. The van der Waals surface area contributed by atoms with Gasteiger partial charge < -0.3 is 13.6 Å². The molecule has 3 saturated carbocycles. The van der Waals surface area contributed by atoms with Gasteiger partial charge >= 0.3 is 5.97 Å². The summed E-state index contributed by atoms with van der Waals surface area (Å²) in [5, 5.41) is 2.02. The highest BCUT2D eigenvalue weighted by Crippen LogP contribution is 2.68. The van der Waals surface area contributed by atoms with E-state index < -0.39 is 28.9 Å². The van der Waals surface area contributed by atoms with Gasteiger partial charge in [0.25, 0.3) is 8.32 Å². The summed E-state index contributed by atoms with van der Waals surface area (Å²) < 4.78 is 21.2. The lowest BCUT2D eigenvalue weighted by Crippen LogP contribution is -2.67. The monoisotopic (exact) mass is 704 g/mol. The van der Waals surface area contributed by atoms with Crippen molar-refractivity contribution in [1.29, 1.82) is 0 Å². The van der Waals surface area contributed by atoms with E-state index in [2.05, 4.69) is 118 Å². The van der Waals surface area contributed by atoms with Crippen LogP contribution in [-0.2, 0) is 23.2 Å². The summed E-state index contributed by atoms with van der Waals surface area (Å²) in [4.78, 5) is 28.6. The zero-order chi connectivity index (χ0) is 35.8. The number of rotatable bonds is 11. The molecule has 2 aromatic carbocycles. The summed E-state index contributed by atoms with van der Waals surface area (Å²) in [7, 11) is -4.36. The number of Topliss-reactive ketones (excluding diaryl/α,β-unsaturated/α-hetero) is 1. The standard InChI is InChI=1S/C42H64O5Si2/c1-11-40(9)28-35(41(10)30(4)24-26-42(27-25-34(43)37(41)42)31(5)38(40)47-48(12-2)13-3)46-36(44)29-45-49(39(6,7)8,32-20-16-14-17-21-32)33-22-18-15-19-23-33/h14-23,30-31,35,37-38,48H,11-13,24-29H2,1-10H3/t30-,31+,35-,37?,38+,40-,41+,42-/m1/s1. The lowest BCUT2D eigenvalue weighted by Gasteiger charge is -2.63. The number of benzene rings is 2. The lowest BCUT2D eigenvalue weighted by atomic mass is 9.43. The summed E-state index contributed by atoms with van der Waals surface area (Å²) in [6.45, 7) is 22.8. The molecule has 2 aromatic rings. The third-order valence-corrected chi connectivity index (χ3v) is 21.5. The fourth-order valence-electron chi connectivity index (χ4n) is 10.8. The van der Waals surface area contributed by atoms with Crippen molar-refractivity contribution < 1.29 is 23.2 Å². The maximum Gasteiger partial charge on any atom is 0.331 e. The van der Waals surface area contributed by atoms with Crippen LogP contribution in [0.1, 0.15) is 108 Å². The Labute approximate surface area is 300 Å². The van der Waals surface area contributed by atoms with Gasteiger partial charge in [-0.25, -0.2) is 4.79 Å². The minimum absolute atomic E-state index is 0.0370. The Balaban J connectivity index is 1.55. The smallest absolute Gasteiger partial charge is 0.331 e. The minimum Gasteiger partial charge on any atom is -0.460 e. The first-order valence-electron chi connectivity index (χ1n) is 19.3. The highest BCUT2D eigenvalue weighted by Gasteiger charge is 2.68. The van der Waals surface area contributed by atoms with Crippen molar-refractivity contribution in [2.75, 3.05) is 6.61 Å². The molecule has 0 amide bonds. The van der Waals surface area contributed by atoms with Crippen molar-refractivity contribution in [3.05, 3.63) is 60.7 Å². The largest absolute Gasteiger partial charge is 0.460 e. The second-order valence-corrected chi connectivity index (χ2v) is 24.8. The van der Waals surface area contributed by atoms with Crippen molar-refractivity contribution in [2.45, 2.75) is 137 Å². The van der Waals surface area contributed by atoms with Crippen LogP contribution >= 0.6 is 0 Å². The van der Waals surface area contributed by atoms with E-state index in [1.165, 1.54) is 0 Å². The highest BCUT2D eigenvalue weighted by molar-refractivity contribution is 6.99. The van der Waals surface area contributed by atoms with E-state index in [1.54, 1.807) is 0 Å². The van der Waals surface area contributed by atoms with Crippen molar-refractivity contribution in [2.24, 2.45) is 34.0 Å². The summed E-state index contributed by atoms with van der Waals surface area (Å²) in [5.41, 5.74) is -0.780. The van der Waals surface area contributed by atoms with Gasteiger partial charge in [0, 0.05) is 17.8 Å². The van der Waals surface area contributed by atoms with Crippen LogP contribution < -0.4 is 10.4 Å². The molecule has 0 aromatic heterocycles. The van der Waals surface area contributed by atoms with Crippen LogP contribution in [0.2, 0.25) is 17.1 Å². The predicted octanol–water partition coefficient (Wildman–Crippen LogP) is 8.48. The predicted molar refractivity (Wildman–Crippen MR) is 205 cm³/mol. The zero-order valence-corrected chi connectivity index (χ0v) is 34.3. The molecule has 0 radical (unpaired) electrons. The molecule has 0 saturated heterocycles. The minimum atomic E-state index is -2.94. The van der Waals surface area contributed by atoms with Crippen LogP contribution in [0.15, 0.2) is 60.7 Å². The summed E-state index contributed by atoms with van der Waals surface area (Å²) >= 11 is 0. The highest BCUT2D eigenvalue weighted by atomic mass is 28.4. The molecule has 5 rings (SSSR count). The molecule has 2 bridgehead atoms. The molecule has 3 aliphatic carbocycles. The van der Waals surface area contributed by atoms with E-state index in [0.29, 0.717) is 18.6 Å². The third kappa shape index (κ3) is 6.48. The molecule has 0 N–H and O–H groups in total. The number of ketones is 1. The van der Waals surface area contributed by atoms with E-state index in [-0.39, 0.29) is 52.3 Å². The summed E-state index contributed by atoms with van der Waals surface area (Å²) in [6.07, 6.45) is 4.87. The lowest BCUT2D eigenvalue weighted by molar-refractivity contribution is -0.210. The Hall–Kier alpha value is -2.07. The Bertz CT molecular complexity index is 1400. The van der Waals surface area contributed by atoms with Gasteiger partial charge in [0.05, 0.1) is 6.10 Å². The Morgan fingerprint density at radius 1 is 0.918 bits per heavy atom. The Kier molecular flexibility index (Phi) is 11.3. The molecule has 270 valence electrons. The Morgan fingerprint density at radius 2 is 1.49 bits per heavy atom. The topological polar surface area (TPSA) is 61.8 Å². The van der Waals surface area contributed by atoms with E-state index >= 15 is 0 Å². The van der Waals surface area contributed by atoms with Crippen molar-refractivity contribution in [3.8, 4) is 0 Å². The van der Waals surface area contributed by atoms with Crippen molar-refractivity contribution >= 4 is 39.5 Å². The molecule has 1 unspecified atom stereocenters. The first kappa shape index (κ1) is 38.2. The van der Waals surface area contributed by atoms with Gasteiger partial charge in [0.1, 0.15) is 18.5 Å². The average molecular weight is 705 g/mol. The number of hydrogen-bond acceptors (Lipinski definition) is 5. The summed E-state index contributed by atoms with van der Waals surface area (Å²) in [6, 6.07) is 23.1. The van der Waals surface area contributed by atoms with Gasteiger partial charge in [-0.1, -0.05) is 130 Å². The maximum absolute atomic E-state index is 14.4. The average Bonchev–Trinajstić information content (AvgIpc) is 3.44. The van der Waals surface area contributed by atoms with Crippen molar-refractivity contribution in [3.63, 3.8) is 0 Å². The molecule has 5 nitrogen and oxygen atoms in total. The summed E-state index contributed by atoms with van der Waals surface area (Å²) in [5.74, 6) is 0.423. The van der Waals surface area contributed by atoms with Crippen LogP contribution in [0.25, 0.3) is 0 Å². The first-order valence-corrected chi connectivity index (χ1v) is 23.3. The van der Waals surface area contributed by atoms with Crippen LogP contribution in [0.3, 0.4) is 0 Å². The molecular weight excluding hydrogens is 641 g/mol.